The molecule has 25 heavy (non-hydrogen) atoms. The third-order valence-corrected chi connectivity index (χ3v) is 5.22. The number of carbonyl (C=O) groups is 2. The standard InChI is InChI=1S/C19H26BrNO4/c1-4-24-17(22)19(3,18(23)25-5-2)14-9-10-16(15(20)13-14)21-11-7-6-8-12-21/h9-10,13H,4-8,11-12H2,1-3H3. The second-order valence-electron chi connectivity index (χ2n) is 6.28. The van der Waals surface area contributed by atoms with Gasteiger partial charge < -0.3 is 14.4 Å². The Bertz CT molecular complexity index is 608. The minimum absolute atomic E-state index is 0.209. The molecule has 1 aliphatic heterocycles. The van der Waals surface area contributed by atoms with Gasteiger partial charge in [-0.05, 0) is 73.7 Å². The maximum atomic E-state index is 12.5. The van der Waals surface area contributed by atoms with Gasteiger partial charge in [-0.3, -0.25) is 9.59 Å². The number of ether oxygens (including phenoxy) is 2. The van der Waals surface area contributed by atoms with Crippen molar-refractivity contribution in [3.8, 4) is 0 Å². The van der Waals surface area contributed by atoms with Crippen LogP contribution >= 0.6 is 15.9 Å². The number of anilines is 1. The van der Waals surface area contributed by atoms with Crippen molar-refractivity contribution in [1.82, 2.24) is 0 Å². The lowest BCUT2D eigenvalue weighted by Gasteiger charge is -2.31. The predicted octanol–water partition coefficient (Wildman–Crippen LogP) is 3.82. The minimum Gasteiger partial charge on any atom is -0.465 e. The van der Waals surface area contributed by atoms with Gasteiger partial charge in [0.2, 0.25) is 0 Å². The maximum Gasteiger partial charge on any atom is 0.327 e. The maximum absolute atomic E-state index is 12.5. The normalized spacial score (nSPS) is 15.0. The molecule has 0 amide bonds. The molecule has 0 N–H and O–H groups in total. The number of esters is 2. The first kappa shape index (κ1) is 19.8. The summed E-state index contributed by atoms with van der Waals surface area (Å²) in [6, 6.07) is 5.61. The Kier molecular flexibility index (Phi) is 6.87. The van der Waals surface area contributed by atoms with Gasteiger partial charge in [0, 0.05) is 17.6 Å². The van der Waals surface area contributed by atoms with Crippen molar-refractivity contribution < 1.29 is 19.1 Å². The lowest BCUT2D eigenvalue weighted by Crippen LogP contribution is -2.43. The molecule has 1 aliphatic rings. The first-order valence-electron chi connectivity index (χ1n) is 8.84. The molecule has 5 nitrogen and oxygen atoms in total. The van der Waals surface area contributed by atoms with Crippen LogP contribution in [0.1, 0.15) is 45.6 Å². The number of nitrogens with zero attached hydrogens (tertiary/aromatic N) is 1. The zero-order chi connectivity index (χ0) is 18.4. The molecule has 0 saturated carbocycles. The highest BCUT2D eigenvalue weighted by molar-refractivity contribution is 9.10. The molecule has 0 unspecified atom stereocenters. The van der Waals surface area contributed by atoms with Crippen LogP contribution in [0.25, 0.3) is 0 Å². The zero-order valence-corrected chi connectivity index (χ0v) is 16.7. The number of hydrogen-bond donors (Lipinski definition) is 0. The Balaban J connectivity index is 2.38. The Hall–Kier alpha value is -1.56. The van der Waals surface area contributed by atoms with E-state index in [9.17, 15) is 9.59 Å². The number of halogens is 1. The van der Waals surface area contributed by atoms with E-state index in [0.717, 1.165) is 23.2 Å². The van der Waals surface area contributed by atoms with E-state index in [4.69, 9.17) is 9.47 Å². The van der Waals surface area contributed by atoms with E-state index >= 15 is 0 Å². The van der Waals surface area contributed by atoms with Gasteiger partial charge in [-0.2, -0.15) is 0 Å². The Morgan fingerprint density at radius 2 is 1.64 bits per heavy atom. The molecule has 6 heteroatoms. The van der Waals surface area contributed by atoms with Crippen LogP contribution in [0.5, 0.6) is 0 Å². The molecule has 0 atom stereocenters. The van der Waals surface area contributed by atoms with E-state index in [1.807, 2.05) is 18.2 Å². The summed E-state index contributed by atoms with van der Waals surface area (Å²) in [6.07, 6.45) is 3.62. The number of rotatable bonds is 6. The fraction of sp³-hybridized carbons (Fsp3) is 0.579. The molecule has 1 saturated heterocycles. The third kappa shape index (κ3) is 4.17. The fourth-order valence-corrected chi connectivity index (χ4v) is 3.71. The lowest BCUT2D eigenvalue weighted by atomic mass is 9.82. The summed E-state index contributed by atoms with van der Waals surface area (Å²) in [5.74, 6) is -1.18. The smallest absolute Gasteiger partial charge is 0.327 e. The second-order valence-corrected chi connectivity index (χ2v) is 7.13. The molecule has 1 heterocycles. The van der Waals surface area contributed by atoms with Gasteiger partial charge in [0.05, 0.1) is 18.9 Å². The minimum atomic E-state index is -1.48. The summed E-state index contributed by atoms with van der Waals surface area (Å²) in [4.78, 5) is 27.4. The van der Waals surface area contributed by atoms with Crippen LogP contribution in [0, 0.1) is 0 Å². The molecule has 2 rings (SSSR count). The summed E-state index contributed by atoms with van der Waals surface area (Å²) >= 11 is 3.61. The SMILES string of the molecule is CCOC(=O)C(C)(C(=O)OCC)c1ccc(N2CCCCC2)c(Br)c1. The van der Waals surface area contributed by atoms with E-state index in [-0.39, 0.29) is 13.2 Å². The van der Waals surface area contributed by atoms with Gasteiger partial charge in [-0.25, -0.2) is 0 Å². The van der Waals surface area contributed by atoms with Crippen molar-refractivity contribution in [2.75, 3.05) is 31.2 Å². The molecule has 0 aliphatic carbocycles. The third-order valence-electron chi connectivity index (χ3n) is 4.59. The number of carbonyl (C=O) groups excluding carboxylic acids is 2. The lowest BCUT2D eigenvalue weighted by molar-refractivity contribution is -0.163. The molecular formula is C19H26BrNO4. The Morgan fingerprint density at radius 1 is 1.08 bits per heavy atom. The van der Waals surface area contributed by atoms with Crippen molar-refractivity contribution in [3.05, 3.63) is 28.2 Å². The van der Waals surface area contributed by atoms with Crippen molar-refractivity contribution in [1.29, 1.82) is 0 Å². The summed E-state index contributed by atoms with van der Waals surface area (Å²) < 4.78 is 11.2. The molecule has 0 spiro atoms. The van der Waals surface area contributed by atoms with Gasteiger partial charge >= 0.3 is 11.9 Å². The van der Waals surface area contributed by atoms with E-state index in [1.54, 1.807) is 20.8 Å². The van der Waals surface area contributed by atoms with E-state index in [0.29, 0.717) is 5.56 Å². The van der Waals surface area contributed by atoms with Gasteiger partial charge in [0.15, 0.2) is 5.41 Å². The monoisotopic (exact) mass is 411 g/mol. The van der Waals surface area contributed by atoms with Crippen LogP contribution in [0.2, 0.25) is 0 Å². The second kappa shape index (κ2) is 8.70. The van der Waals surface area contributed by atoms with E-state index < -0.39 is 17.4 Å². The average molecular weight is 412 g/mol. The van der Waals surface area contributed by atoms with Crippen molar-refractivity contribution in [2.45, 2.75) is 45.4 Å². The molecule has 0 aromatic heterocycles. The quantitative estimate of drug-likeness (QED) is 0.525. The highest BCUT2D eigenvalue weighted by Gasteiger charge is 2.46. The van der Waals surface area contributed by atoms with Gasteiger partial charge in [-0.1, -0.05) is 6.07 Å². The van der Waals surface area contributed by atoms with Crippen molar-refractivity contribution in [3.63, 3.8) is 0 Å². The summed E-state index contributed by atoms with van der Waals surface area (Å²) in [7, 11) is 0. The molecule has 0 bridgehead atoms. The topological polar surface area (TPSA) is 55.8 Å². The van der Waals surface area contributed by atoms with E-state index in [1.165, 1.54) is 19.3 Å². The molecule has 1 fully saturated rings. The fourth-order valence-electron chi connectivity index (χ4n) is 3.08. The summed E-state index contributed by atoms with van der Waals surface area (Å²) in [5.41, 5.74) is 0.171. The van der Waals surface area contributed by atoms with Crippen LogP contribution < -0.4 is 4.90 Å². The highest BCUT2D eigenvalue weighted by atomic mass is 79.9. The summed E-state index contributed by atoms with van der Waals surface area (Å²) in [6.45, 7) is 7.46. The first-order valence-corrected chi connectivity index (χ1v) is 9.63. The number of hydrogen-bond acceptors (Lipinski definition) is 5. The predicted molar refractivity (Wildman–Crippen MR) is 101 cm³/mol. The molecule has 138 valence electrons. The Morgan fingerprint density at radius 3 is 2.12 bits per heavy atom. The molecular weight excluding hydrogens is 386 g/mol. The average Bonchev–Trinajstić information content (AvgIpc) is 2.62. The molecule has 1 aromatic carbocycles. The van der Waals surface area contributed by atoms with Gasteiger partial charge in [0.1, 0.15) is 0 Å². The summed E-state index contributed by atoms with van der Waals surface area (Å²) in [5, 5.41) is 0. The van der Waals surface area contributed by atoms with Gasteiger partial charge in [-0.15, -0.1) is 0 Å². The van der Waals surface area contributed by atoms with Crippen LogP contribution in [0.15, 0.2) is 22.7 Å². The first-order chi connectivity index (χ1) is 11.9. The largest absolute Gasteiger partial charge is 0.465 e. The number of piperidine rings is 1. The molecule has 0 radical (unpaired) electrons. The van der Waals surface area contributed by atoms with Gasteiger partial charge in [0.25, 0.3) is 0 Å². The van der Waals surface area contributed by atoms with E-state index in [2.05, 4.69) is 20.8 Å². The van der Waals surface area contributed by atoms with Crippen LogP contribution in [-0.2, 0) is 24.5 Å². The van der Waals surface area contributed by atoms with Crippen LogP contribution in [0.4, 0.5) is 5.69 Å². The van der Waals surface area contributed by atoms with Crippen molar-refractivity contribution in [2.24, 2.45) is 0 Å². The zero-order valence-electron chi connectivity index (χ0n) is 15.1. The van der Waals surface area contributed by atoms with Crippen LogP contribution in [-0.4, -0.2) is 38.2 Å². The highest BCUT2D eigenvalue weighted by Crippen LogP contribution is 2.35. The molecule has 1 aromatic rings. The van der Waals surface area contributed by atoms with Crippen LogP contribution in [0.3, 0.4) is 0 Å². The Labute approximate surface area is 157 Å². The van der Waals surface area contributed by atoms with Crippen molar-refractivity contribution >= 4 is 33.6 Å². The number of benzene rings is 1.